The van der Waals surface area contributed by atoms with E-state index in [1.165, 1.54) is 4.90 Å². The van der Waals surface area contributed by atoms with Crippen molar-refractivity contribution in [1.82, 2.24) is 10.2 Å². The first kappa shape index (κ1) is 17.4. The van der Waals surface area contributed by atoms with Crippen LogP contribution < -0.4 is 10.6 Å². The van der Waals surface area contributed by atoms with E-state index in [9.17, 15) is 19.2 Å². The summed E-state index contributed by atoms with van der Waals surface area (Å²) in [5, 5.41) is 8.23. The highest BCUT2D eigenvalue weighted by Gasteiger charge is 2.39. The Morgan fingerprint density at radius 1 is 1.38 bits per heavy atom. The minimum Gasteiger partial charge on any atom is -0.326 e. The summed E-state index contributed by atoms with van der Waals surface area (Å²) in [5.41, 5.74) is 9.90. The van der Waals surface area contributed by atoms with E-state index in [1.54, 1.807) is 18.2 Å². The summed E-state index contributed by atoms with van der Waals surface area (Å²) in [4.78, 5) is 51.6. The minimum atomic E-state index is -0.672. The summed E-state index contributed by atoms with van der Waals surface area (Å²) in [7, 11) is 0. The van der Waals surface area contributed by atoms with Crippen LogP contribution in [0.2, 0.25) is 0 Å². The largest absolute Gasteiger partial charge is 0.326 e. The van der Waals surface area contributed by atoms with Crippen LogP contribution in [-0.4, -0.2) is 41.1 Å². The zero-order valence-electron chi connectivity index (χ0n) is 13.8. The van der Waals surface area contributed by atoms with E-state index in [0.29, 0.717) is 23.2 Å². The van der Waals surface area contributed by atoms with Crippen LogP contribution in [0.4, 0.5) is 5.69 Å². The molecule has 1 saturated heterocycles. The maximum Gasteiger partial charge on any atom is 0.255 e. The minimum absolute atomic E-state index is 0.0580. The predicted octanol–water partition coefficient (Wildman–Crippen LogP) is 1.09. The topological polar surface area (TPSA) is 144 Å². The Kier molecular flexibility index (Phi) is 4.85. The van der Waals surface area contributed by atoms with Crippen molar-refractivity contribution in [3.63, 3.8) is 0 Å². The molecule has 134 valence electrons. The van der Waals surface area contributed by atoms with Crippen molar-refractivity contribution in [2.45, 2.75) is 31.8 Å². The third-order valence-corrected chi connectivity index (χ3v) is 4.31. The monoisotopic (exact) mass is 356 g/mol. The van der Waals surface area contributed by atoms with Gasteiger partial charge in [0.05, 0.1) is 0 Å². The number of anilines is 1. The summed E-state index contributed by atoms with van der Waals surface area (Å²) >= 11 is 0. The second-order valence-electron chi connectivity index (χ2n) is 6.02. The Bertz CT molecular complexity index is 845. The second-order valence-corrected chi connectivity index (χ2v) is 6.02. The first-order chi connectivity index (χ1) is 12.5. The van der Waals surface area contributed by atoms with Gasteiger partial charge in [0.25, 0.3) is 5.91 Å². The van der Waals surface area contributed by atoms with Crippen LogP contribution in [0, 0.1) is 0 Å². The van der Waals surface area contributed by atoms with Crippen LogP contribution in [0.5, 0.6) is 0 Å². The summed E-state index contributed by atoms with van der Waals surface area (Å²) < 4.78 is 0. The van der Waals surface area contributed by atoms with Gasteiger partial charge in [0, 0.05) is 42.1 Å². The molecule has 10 heteroatoms. The van der Waals surface area contributed by atoms with E-state index < -0.39 is 11.9 Å². The molecule has 1 atom stereocenters. The molecule has 0 saturated carbocycles. The summed E-state index contributed by atoms with van der Waals surface area (Å²) in [5.74, 6) is -1.37. The van der Waals surface area contributed by atoms with E-state index in [2.05, 4.69) is 20.7 Å². The number of benzene rings is 1. The molecule has 0 radical (unpaired) electrons. The van der Waals surface area contributed by atoms with Gasteiger partial charge in [-0.2, -0.15) is 0 Å². The lowest BCUT2D eigenvalue weighted by atomic mass is 10.0. The van der Waals surface area contributed by atoms with Crippen LogP contribution in [0.15, 0.2) is 23.3 Å². The molecule has 0 aliphatic carbocycles. The second kappa shape index (κ2) is 7.24. The van der Waals surface area contributed by atoms with Crippen LogP contribution in [0.1, 0.15) is 35.2 Å². The standard InChI is InChI=1S/C16H16N6O4/c17-21-18-6-5-14(24)19-10-1-2-11-9(7-10)8-22(16(11)26)12-3-4-13(23)20-15(12)25/h1-2,7,12H,3-6,8H2,(H,19,24)(H,20,23,25). The molecule has 0 spiro atoms. The third kappa shape index (κ3) is 3.50. The smallest absolute Gasteiger partial charge is 0.255 e. The molecule has 1 aromatic carbocycles. The molecule has 1 unspecified atom stereocenters. The highest BCUT2D eigenvalue weighted by atomic mass is 16.2. The summed E-state index contributed by atoms with van der Waals surface area (Å²) in [6.45, 7) is 0.304. The zero-order chi connectivity index (χ0) is 18.7. The quantitative estimate of drug-likeness (QED) is 0.352. The van der Waals surface area contributed by atoms with Crippen molar-refractivity contribution >= 4 is 29.3 Å². The van der Waals surface area contributed by atoms with Gasteiger partial charge in [-0.1, -0.05) is 5.11 Å². The van der Waals surface area contributed by atoms with Crippen LogP contribution in [-0.2, 0) is 20.9 Å². The van der Waals surface area contributed by atoms with Crippen molar-refractivity contribution in [2.75, 3.05) is 11.9 Å². The summed E-state index contributed by atoms with van der Waals surface area (Å²) in [6.07, 6.45) is 0.554. The van der Waals surface area contributed by atoms with E-state index in [0.717, 1.165) is 0 Å². The van der Waals surface area contributed by atoms with E-state index in [-0.39, 0.29) is 43.7 Å². The molecule has 0 bridgehead atoms. The first-order valence-electron chi connectivity index (χ1n) is 8.08. The van der Waals surface area contributed by atoms with Gasteiger partial charge in [0.2, 0.25) is 17.7 Å². The van der Waals surface area contributed by atoms with Crippen LogP contribution in [0.3, 0.4) is 0 Å². The van der Waals surface area contributed by atoms with Gasteiger partial charge in [-0.25, -0.2) is 0 Å². The lowest BCUT2D eigenvalue weighted by Gasteiger charge is -2.29. The maximum atomic E-state index is 12.6. The molecule has 3 rings (SSSR count). The van der Waals surface area contributed by atoms with E-state index in [1.807, 2.05) is 0 Å². The Balaban J connectivity index is 1.70. The van der Waals surface area contributed by atoms with Crippen molar-refractivity contribution in [3.8, 4) is 0 Å². The molecule has 1 fully saturated rings. The van der Waals surface area contributed by atoms with Crippen molar-refractivity contribution in [3.05, 3.63) is 39.8 Å². The number of carbonyl (C=O) groups is 4. The van der Waals surface area contributed by atoms with E-state index >= 15 is 0 Å². The van der Waals surface area contributed by atoms with E-state index in [4.69, 9.17) is 5.53 Å². The number of rotatable bonds is 5. The van der Waals surface area contributed by atoms with Gasteiger partial charge in [0.15, 0.2) is 0 Å². The molecular weight excluding hydrogens is 340 g/mol. The Hall–Kier alpha value is -3.39. The van der Waals surface area contributed by atoms with Gasteiger partial charge >= 0.3 is 0 Å². The average molecular weight is 356 g/mol. The number of carbonyl (C=O) groups excluding carboxylic acids is 4. The van der Waals surface area contributed by atoms with Gasteiger partial charge < -0.3 is 10.2 Å². The van der Waals surface area contributed by atoms with Crippen molar-refractivity contribution in [2.24, 2.45) is 5.11 Å². The number of amides is 4. The fourth-order valence-electron chi connectivity index (χ4n) is 3.07. The van der Waals surface area contributed by atoms with Gasteiger partial charge in [-0.15, -0.1) is 0 Å². The van der Waals surface area contributed by atoms with Crippen molar-refractivity contribution in [1.29, 1.82) is 0 Å². The molecule has 2 aliphatic heterocycles. The number of nitrogens with zero attached hydrogens (tertiary/aromatic N) is 4. The molecule has 2 aliphatic rings. The molecular formula is C16H16N6O4. The van der Waals surface area contributed by atoms with Crippen LogP contribution in [0.25, 0.3) is 10.4 Å². The molecule has 4 amide bonds. The average Bonchev–Trinajstić information content (AvgIpc) is 2.91. The zero-order valence-corrected chi connectivity index (χ0v) is 13.8. The maximum absolute atomic E-state index is 12.6. The summed E-state index contributed by atoms with van der Waals surface area (Å²) in [6, 6.07) is 4.22. The molecule has 10 nitrogen and oxygen atoms in total. The molecule has 1 aromatic rings. The first-order valence-corrected chi connectivity index (χ1v) is 8.08. The van der Waals surface area contributed by atoms with Gasteiger partial charge in [-0.3, -0.25) is 24.5 Å². The number of fused-ring (bicyclic) bond motifs is 1. The van der Waals surface area contributed by atoms with Gasteiger partial charge in [-0.05, 0) is 35.7 Å². The Morgan fingerprint density at radius 3 is 2.92 bits per heavy atom. The molecule has 2 N–H and O–H groups in total. The SMILES string of the molecule is [N-]=[N+]=NCCC(=O)Nc1ccc2c(c1)CN(C1CCC(=O)NC1=O)C2=O. The lowest BCUT2D eigenvalue weighted by molar-refractivity contribution is -0.137. The highest BCUT2D eigenvalue weighted by Crippen LogP contribution is 2.29. The Labute approximate surface area is 148 Å². The number of hydrogen-bond acceptors (Lipinski definition) is 5. The number of hydrogen-bond donors (Lipinski definition) is 2. The fraction of sp³-hybridized carbons (Fsp3) is 0.375. The van der Waals surface area contributed by atoms with Crippen LogP contribution >= 0.6 is 0 Å². The molecule has 2 heterocycles. The number of piperidine rings is 1. The van der Waals surface area contributed by atoms with Crippen molar-refractivity contribution < 1.29 is 19.2 Å². The number of imide groups is 1. The Morgan fingerprint density at radius 2 is 2.19 bits per heavy atom. The normalized spacial score (nSPS) is 18.8. The molecule has 26 heavy (non-hydrogen) atoms. The third-order valence-electron chi connectivity index (χ3n) is 4.31. The predicted molar refractivity (Wildman–Crippen MR) is 89.7 cm³/mol. The fourth-order valence-corrected chi connectivity index (χ4v) is 3.07. The number of azide groups is 1. The molecule has 0 aromatic heterocycles. The van der Waals surface area contributed by atoms with Gasteiger partial charge in [0.1, 0.15) is 6.04 Å². The highest BCUT2D eigenvalue weighted by molar-refractivity contribution is 6.05. The lowest BCUT2D eigenvalue weighted by Crippen LogP contribution is -2.52. The number of nitrogens with one attached hydrogen (secondary N) is 2.